The van der Waals surface area contributed by atoms with E-state index in [4.69, 9.17) is 4.74 Å². The van der Waals surface area contributed by atoms with Crippen LogP contribution in [0.4, 0.5) is 0 Å². The topological polar surface area (TPSA) is 26.3 Å². The maximum Gasteiger partial charge on any atom is 0.185 e. The van der Waals surface area contributed by atoms with E-state index in [-0.39, 0.29) is 17.3 Å². The molecule has 0 radical (unpaired) electrons. The van der Waals surface area contributed by atoms with Gasteiger partial charge >= 0.3 is 0 Å². The highest BCUT2D eigenvalue weighted by molar-refractivity contribution is 8.13. The van der Waals surface area contributed by atoms with Gasteiger partial charge in [0.05, 0.1) is 12.2 Å². The van der Waals surface area contributed by atoms with Gasteiger partial charge in [0, 0.05) is 19.1 Å². The molecule has 0 fully saturated rings. The Kier molecular flexibility index (Phi) is 3.81. The Morgan fingerprint density at radius 3 is 2.85 bits per heavy atom. The van der Waals surface area contributed by atoms with Crippen molar-refractivity contribution >= 4 is 27.6 Å². The summed E-state index contributed by atoms with van der Waals surface area (Å²) in [6.07, 6.45) is 1.14. The molecule has 104 valence electrons. The zero-order valence-corrected chi connectivity index (χ0v) is 12.6. The molecule has 0 heterocycles. The van der Waals surface area contributed by atoms with E-state index in [9.17, 15) is 4.79 Å². The predicted octanol–water partition coefficient (Wildman–Crippen LogP) is 4.12. The van der Waals surface area contributed by atoms with Crippen molar-refractivity contribution in [3.63, 3.8) is 0 Å². The van der Waals surface area contributed by atoms with Gasteiger partial charge in [0.2, 0.25) is 0 Å². The summed E-state index contributed by atoms with van der Waals surface area (Å²) in [4.78, 5) is 11.0. The van der Waals surface area contributed by atoms with E-state index >= 15 is 0 Å². The first kappa shape index (κ1) is 13.7. The zero-order valence-electron chi connectivity index (χ0n) is 11.8. The average molecular weight is 286 g/mol. The predicted molar refractivity (Wildman–Crippen MR) is 84.1 cm³/mol. The molecule has 20 heavy (non-hydrogen) atoms. The van der Waals surface area contributed by atoms with E-state index in [0.717, 1.165) is 12.2 Å². The van der Waals surface area contributed by atoms with Crippen molar-refractivity contribution in [1.29, 1.82) is 0 Å². The molecule has 0 amide bonds. The van der Waals surface area contributed by atoms with Crippen molar-refractivity contribution in [2.45, 2.75) is 32.5 Å². The summed E-state index contributed by atoms with van der Waals surface area (Å²) in [7, 11) is 0. The molecule has 2 nitrogen and oxygen atoms in total. The van der Waals surface area contributed by atoms with Crippen LogP contribution in [0.1, 0.15) is 31.1 Å². The van der Waals surface area contributed by atoms with Crippen LogP contribution in [-0.4, -0.2) is 17.0 Å². The van der Waals surface area contributed by atoms with Gasteiger partial charge in [-0.2, -0.15) is 0 Å². The van der Waals surface area contributed by atoms with Crippen molar-refractivity contribution in [2.24, 2.45) is 0 Å². The van der Waals surface area contributed by atoms with Gasteiger partial charge in [0.15, 0.2) is 5.12 Å². The number of carbonyl (C=O) groups excluding carboxylic acids is 1. The number of thioether (sulfide) groups is 1. The maximum absolute atomic E-state index is 11.0. The first-order chi connectivity index (χ1) is 9.65. The molecular weight excluding hydrogens is 268 g/mol. The van der Waals surface area contributed by atoms with Crippen LogP contribution in [-0.2, 0) is 16.0 Å². The molecule has 3 heteroatoms. The third-order valence-electron chi connectivity index (χ3n) is 3.69. The summed E-state index contributed by atoms with van der Waals surface area (Å²) in [5.74, 6) is 0.720. The van der Waals surface area contributed by atoms with Crippen LogP contribution in [0.15, 0.2) is 36.4 Å². The molecular formula is C17H18O2S. The van der Waals surface area contributed by atoms with Crippen molar-refractivity contribution in [2.75, 3.05) is 5.75 Å². The van der Waals surface area contributed by atoms with Crippen molar-refractivity contribution in [1.82, 2.24) is 0 Å². The summed E-state index contributed by atoms with van der Waals surface area (Å²) >= 11 is 1.34. The average Bonchev–Trinajstić information content (AvgIpc) is 2.77. The highest BCUT2D eigenvalue weighted by Gasteiger charge is 2.26. The fourth-order valence-corrected chi connectivity index (χ4v) is 3.42. The molecule has 1 aliphatic carbocycles. The molecule has 0 N–H and O–H groups in total. The van der Waals surface area contributed by atoms with Gasteiger partial charge in [0.25, 0.3) is 0 Å². The van der Waals surface area contributed by atoms with Crippen molar-refractivity contribution in [3.05, 3.63) is 47.5 Å². The van der Waals surface area contributed by atoms with E-state index in [1.807, 2.05) is 6.92 Å². The number of hydrogen-bond donors (Lipinski definition) is 0. The Morgan fingerprint density at radius 2 is 2.10 bits per heavy atom. The summed E-state index contributed by atoms with van der Waals surface area (Å²) in [6.45, 7) is 3.64. The lowest BCUT2D eigenvalue weighted by Gasteiger charge is -2.19. The van der Waals surface area contributed by atoms with Crippen LogP contribution in [0, 0.1) is 0 Å². The zero-order chi connectivity index (χ0) is 14.1. The monoisotopic (exact) mass is 286 g/mol. The van der Waals surface area contributed by atoms with Gasteiger partial charge in [-0.15, -0.1) is 0 Å². The second kappa shape index (κ2) is 5.58. The van der Waals surface area contributed by atoms with E-state index in [0.29, 0.717) is 0 Å². The van der Waals surface area contributed by atoms with Crippen LogP contribution >= 0.6 is 11.8 Å². The molecule has 2 unspecified atom stereocenters. The highest BCUT2D eigenvalue weighted by atomic mass is 32.2. The van der Waals surface area contributed by atoms with Crippen LogP contribution in [0.25, 0.3) is 10.8 Å². The van der Waals surface area contributed by atoms with Crippen LogP contribution in [0.2, 0.25) is 0 Å². The van der Waals surface area contributed by atoms with E-state index < -0.39 is 0 Å². The fraction of sp³-hybridized carbons (Fsp3) is 0.353. The van der Waals surface area contributed by atoms with E-state index in [2.05, 4.69) is 36.4 Å². The molecule has 0 bridgehead atoms. The Hall–Kier alpha value is -1.32. The summed E-state index contributed by atoms with van der Waals surface area (Å²) in [5.41, 5.74) is 2.66. The summed E-state index contributed by atoms with van der Waals surface area (Å²) in [6, 6.07) is 12.9. The smallest absolute Gasteiger partial charge is 0.185 e. The van der Waals surface area contributed by atoms with Crippen LogP contribution in [0.5, 0.6) is 0 Å². The number of ether oxygens (including phenoxy) is 1. The minimum Gasteiger partial charge on any atom is -0.369 e. The quantitative estimate of drug-likeness (QED) is 0.845. The van der Waals surface area contributed by atoms with E-state index in [1.54, 1.807) is 6.92 Å². The fourth-order valence-electron chi connectivity index (χ4n) is 2.87. The maximum atomic E-state index is 11.0. The molecule has 1 aliphatic rings. The lowest BCUT2D eigenvalue weighted by atomic mass is 10.1. The summed E-state index contributed by atoms with van der Waals surface area (Å²) < 4.78 is 6.16. The third kappa shape index (κ3) is 2.60. The largest absolute Gasteiger partial charge is 0.369 e. The molecule has 0 saturated heterocycles. The molecule has 2 aromatic carbocycles. The molecule has 0 spiro atoms. The lowest BCUT2D eigenvalue weighted by Crippen LogP contribution is -2.16. The van der Waals surface area contributed by atoms with Gasteiger partial charge in [0.1, 0.15) is 0 Å². The van der Waals surface area contributed by atoms with Crippen LogP contribution < -0.4 is 0 Å². The van der Waals surface area contributed by atoms with Gasteiger partial charge in [-0.1, -0.05) is 48.2 Å². The standard InChI is InChI=1S/C17H18O2S/c1-11(10-20-12(2)18)19-16-9-14-7-3-5-13-6-4-8-15(16)17(13)14/h3-8,11,16H,9-10H2,1-2H3. The number of carbonyl (C=O) groups is 1. The normalized spacial score (nSPS) is 18.4. The van der Waals surface area contributed by atoms with Gasteiger partial charge in [-0.3, -0.25) is 4.79 Å². The minimum absolute atomic E-state index is 0.0819. The Balaban J connectivity index is 1.79. The van der Waals surface area contributed by atoms with Crippen molar-refractivity contribution in [3.8, 4) is 0 Å². The van der Waals surface area contributed by atoms with Gasteiger partial charge in [-0.05, 0) is 28.8 Å². The molecule has 3 rings (SSSR count). The van der Waals surface area contributed by atoms with Gasteiger partial charge < -0.3 is 4.74 Å². The highest BCUT2D eigenvalue weighted by Crippen LogP contribution is 2.39. The Labute approximate surface area is 123 Å². The molecule has 0 aromatic heterocycles. The Bertz CT molecular complexity index is 645. The second-order valence-electron chi connectivity index (χ2n) is 5.30. The first-order valence-corrected chi connectivity index (χ1v) is 7.93. The molecule has 2 aromatic rings. The molecule has 0 aliphatic heterocycles. The second-order valence-corrected chi connectivity index (χ2v) is 6.50. The SMILES string of the molecule is CC(=O)SCC(C)OC1Cc2cccc3cccc1c23. The van der Waals surface area contributed by atoms with E-state index in [1.165, 1.54) is 33.7 Å². The first-order valence-electron chi connectivity index (χ1n) is 6.94. The number of hydrogen-bond acceptors (Lipinski definition) is 3. The van der Waals surface area contributed by atoms with Crippen LogP contribution in [0.3, 0.4) is 0 Å². The van der Waals surface area contributed by atoms with Gasteiger partial charge in [-0.25, -0.2) is 0 Å². The number of benzene rings is 2. The Morgan fingerprint density at radius 1 is 1.35 bits per heavy atom. The molecule has 2 atom stereocenters. The minimum atomic E-state index is 0.0819. The third-order valence-corrected chi connectivity index (χ3v) is 4.74. The van der Waals surface area contributed by atoms with Crippen molar-refractivity contribution < 1.29 is 9.53 Å². The number of rotatable bonds is 4. The summed E-state index contributed by atoms with van der Waals surface area (Å²) in [5, 5.41) is 2.79. The lowest BCUT2D eigenvalue weighted by molar-refractivity contribution is -0.109. The molecule has 0 saturated carbocycles.